The second-order valence-electron chi connectivity index (χ2n) is 1.45. The lowest BCUT2D eigenvalue weighted by Crippen LogP contribution is -1.93. The van der Waals surface area contributed by atoms with Gasteiger partial charge in [0.2, 0.25) is 0 Å². The van der Waals surface area contributed by atoms with Crippen LogP contribution >= 0.6 is 19.9 Å². The molecule has 0 bridgehead atoms. The average molecular weight is 171 g/mol. The molecule has 0 aromatic heterocycles. The van der Waals surface area contributed by atoms with E-state index in [1.165, 1.54) is 0 Å². The number of unbranched alkanes of at least 4 members (excludes halogenated alkanes) is 1. The van der Waals surface area contributed by atoms with E-state index in [9.17, 15) is 9.46 Å². The van der Waals surface area contributed by atoms with Crippen LogP contribution in [0.3, 0.4) is 0 Å². The fourth-order valence-corrected chi connectivity index (χ4v) is 0.803. The van der Waals surface area contributed by atoms with Gasteiger partial charge in [-0.3, -0.25) is 0 Å². The van der Waals surface area contributed by atoms with Crippen molar-refractivity contribution in [1.29, 1.82) is 0 Å². The van der Waals surface area contributed by atoms with Crippen molar-refractivity contribution in [1.82, 2.24) is 0 Å². The highest BCUT2D eigenvalue weighted by Crippen LogP contribution is 2.09. The normalized spacial score (nSPS) is 11.6. The van der Waals surface area contributed by atoms with Crippen LogP contribution in [0, 0.1) is 0 Å². The maximum atomic E-state index is 9.74. The number of halogens is 1. The van der Waals surface area contributed by atoms with Gasteiger partial charge in [-0.2, -0.15) is 0 Å². The Labute approximate surface area is 59.9 Å². The lowest BCUT2D eigenvalue weighted by atomic mass is 10.4. The van der Waals surface area contributed by atoms with Crippen molar-refractivity contribution < 1.29 is 14.0 Å². The van der Waals surface area contributed by atoms with E-state index in [1.807, 2.05) is 0 Å². The molecule has 0 aromatic rings. The molecular weight excluding hydrogens is 162 g/mol. The molecule has 0 fully saturated rings. The molecule has 1 unspecified atom stereocenters. The first-order valence-electron chi connectivity index (χ1n) is 2.60. The van der Waals surface area contributed by atoms with Crippen LogP contribution in [0.1, 0.15) is 12.8 Å². The highest BCUT2D eigenvalue weighted by atomic mass is 35.5. The minimum absolute atomic E-state index is 0.255. The second kappa shape index (κ2) is 6.43. The van der Waals surface area contributed by atoms with Crippen LogP contribution in [0.15, 0.2) is 0 Å². The van der Waals surface area contributed by atoms with Gasteiger partial charge in [0.25, 0.3) is 0 Å². The van der Waals surface area contributed by atoms with Gasteiger partial charge < -0.3 is 4.89 Å². The van der Waals surface area contributed by atoms with E-state index in [4.69, 9.17) is 11.6 Å². The molecule has 0 saturated carbocycles. The summed E-state index contributed by atoms with van der Waals surface area (Å²) in [4.78, 5) is 9.74. The molecule has 0 saturated heterocycles. The highest BCUT2D eigenvalue weighted by molar-refractivity contribution is 7.30. The Kier molecular flexibility index (Phi) is 6.65. The van der Waals surface area contributed by atoms with E-state index in [1.54, 1.807) is 0 Å². The van der Waals surface area contributed by atoms with Crippen molar-refractivity contribution >= 4 is 19.9 Å². The van der Waals surface area contributed by atoms with E-state index in [2.05, 4.69) is 4.52 Å². The summed E-state index contributed by atoms with van der Waals surface area (Å²) in [7, 11) is -2.66. The Hall–Kier alpha value is 0.310. The maximum Gasteiger partial charge on any atom is 0.488 e. The summed E-state index contributed by atoms with van der Waals surface area (Å²) in [5.74, 6) is 0.555. The van der Waals surface area contributed by atoms with Gasteiger partial charge in [-0.05, 0) is 17.4 Å². The molecule has 0 aromatic carbocycles. The first kappa shape index (κ1) is 9.31. The van der Waals surface area contributed by atoms with Gasteiger partial charge in [-0.1, -0.05) is 0 Å². The Balaban J connectivity index is 2.83. The Bertz CT molecular complexity index is 87.9. The maximum absolute atomic E-state index is 9.74. The molecule has 0 radical (unpaired) electrons. The van der Waals surface area contributed by atoms with E-state index in [-0.39, 0.29) is 6.61 Å². The van der Waals surface area contributed by atoms with Crippen molar-refractivity contribution in [3.05, 3.63) is 0 Å². The number of hydrogen-bond donors (Lipinski definition) is 0. The topological polar surface area (TPSA) is 49.4 Å². The molecule has 0 aliphatic carbocycles. The minimum atomic E-state index is -2.66. The molecule has 1 atom stereocenters. The summed E-state index contributed by atoms with van der Waals surface area (Å²) in [5, 5.41) is 0. The van der Waals surface area contributed by atoms with Crippen molar-refractivity contribution in [3.8, 4) is 0 Å². The van der Waals surface area contributed by atoms with E-state index < -0.39 is 8.25 Å². The number of rotatable bonds is 5. The molecular formula is C4H8ClO3P. The SMILES string of the molecule is O=[P+]([O-])OCCCCCl. The molecule has 0 heterocycles. The van der Waals surface area contributed by atoms with Gasteiger partial charge in [0.05, 0.1) is 0 Å². The first-order chi connectivity index (χ1) is 4.27. The quantitative estimate of drug-likeness (QED) is 0.352. The average Bonchev–Trinajstić information content (AvgIpc) is 1.80. The summed E-state index contributed by atoms with van der Waals surface area (Å²) in [6, 6.07) is 0. The van der Waals surface area contributed by atoms with Crippen LogP contribution in [-0.4, -0.2) is 12.5 Å². The summed E-state index contributed by atoms with van der Waals surface area (Å²) in [6.45, 7) is 0.255. The van der Waals surface area contributed by atoms with Crippen LogP contribution < -0.4 is 4.89 Å². The van der Waals surface area contributed by atoms with E-state index in [0.717, 1.165) is 6.42 Å². The van der Waals surface area contributed by atoms with Crippen molar-refractivity contribution in [2.24, 2.45) is 0 Å². The van der Waals surface area contributed by atoms with Gasteiger partial charge in [-0.25, -0.2) is 0 Å². The van der Waals surface area contributed by atoms with Crippen molar-refractivity contribution in [2.75, 3.05) is 12.5 Å². The predicted octanol–water partition coefficient (Wildman–Crippen LogP) is 1.04. The van der Waals surface area contributed by atoms with E-state index >= 15 is 0 Å². The van der Waals surface area contributed by atoms with Gasteiger partial charge in [0.1, 0.15) is 6.61 Å². The molecule has 54 valence electrons. The molecule has 0 rings (SSSR count). The number of hydrogen-bond acceptors (Lipinski definition) is 3. The first-order valence-corrected chi connectivity index (χ1v) is 4.23. The van der Waals surface area contributed by atoms with E-state index in [0.29, 0.717) is 12.3 Å². The standard InChI is InChI=1S/C4H8ClO3P/c5-3-1-2-4-8-9(6)7/h1-4H2. The van der Waals surface area contributed by atoms with Crippen LogP contribution in [0.5, 0.6) is 0 Å². The third-order valence-electron chi connectivity index (χ3n) is 0.725. The summed E-state index contributed by atoms with van der Waals surface area (Å²) in [5.41, 5.74) is 0. The zero-order valence-electron chi connectivity index (χ0n) is 4.88. The molecule has 0 aliphatic heterocycles. The second-order valence-corrected chi connectivity index (χ2v) is 2.54. The van der Waals surface area contributed by atoms with Gasteiger partial charge in [0, 0.05) is 5.88 Å². The zero-order valence-corrected chi connectivity index (χ0v) is 6.53. The zero-order chi connectivity index (χ0) is 7.11. The number of alkyl halides is 1. The molecule has 3 nitrogen and oxygen atoms in total. The Morgan fingerprint density at radius 2 is 2.22 bits per heavy atom. The largest absolute Gasteiger partial charge is 0.566 e. The fraction of sp³-hybridized carbons (Fsp3) is 1.00. The van der Waals surface area contributed by atoms with Crippen LogP contribution in [0.25, 0.3) is 0 Å². The molecule has 0 aliphatic rings. The van der Waals surface area contributed by atoms with Crippen LogP contribution in [-0.2, 0) is 9.09 Å². The van der Waals surface area contributed by atoms with Crippen molar-refractivity contribution in [2.45, 2.75) is 12.8 Å². The minimum Gasteiger partial charge on any atom is -0.566 e. The van der Waals surface area contributed by atoms with Gasteiger partial charge in [0.15, 0.2) is 0 Å². The summed E-state index contributed by atoms with van der Waals surface area (Å²) < 4.78 is 14.0. The Morgan fingerprint density at radius 1 is 1.56 bits per heavy atom. The molecule has 0 spiro atoms. The summed E-state index contributed by atoms with van der Waals surface area (Å²) in [6.07, 6.45) is 1.50. The lowest BCUT2D eigenvalue weighted by Gasteiger charge is -1.90. The summed E-state index contributed by atoms with van der Waals surface area (Å²) >= 11 is 5.31. The smallest absolute Gasteiger partial charge is 0.488 e. The third kappa shape index (κ3) is 8.31. The molecule has 9 heavy (non-hydrogen) atoms. The van der Waals surface area contributed by atoms with Gasteiger partial charge >= 0.3 is 8.25 Å². The van der Waals surface area contributed by atoms with Crippen molar-refractivity contribution in [3.63, 3.8) is 0 Å². The monoisotopic (exact) mass is 170 g/mol. The molecule has 0 N–H and O–H groups in total. The fourth-order valence-electron chi connectivity index (χ4n) is 0.336. The van der Waals surface area contributed by atoms with Crippen LogP contribution in [0.2, 0.25) is 0 Å². The predicted molar refractivity (Wildman–Crippen MR) is 33.5 cm³/mol. The highest BCUT2D eigenvalue weighted by Gasteiger charge is 1.98. The molecule has 5 heteroatoms. The van der Waals surface area contributed by atoms with Gasteiger partial charge in [-0.15, -0.1) is 16.1 Å². The van der Waals surface area contributed by atoms with Crippen LogP contribution in [0.4, 0.5) is 0 Å². The lowest BCUT2D eigenvalue weighted by molar-refractivity contribution is -0.185. The Morgan fingerprint density at radius 3 is 2.67 bits per heavy atom. The molecule has 0 amide bonds. The third-order valence-corrected chi connectivity index (χ3v) is 1.39.